The summed E-state index contributed by atoms with van der Waals surface area (Å²) in [7, 11) is -3.72. The van der Waals surface area contributed by atoms with Crippen molar-refractivity contribution in [2.24, 2.45) is 0 Å². The zero-order valence-electron chi connectivity index (χ0n) is 19.6. The number of anilines is 1. The lowest BCUT2D eigenvalue weighted by atomic mass is 9.95. The fraction of sp³-hybridized carbons (Fsp3) is 0.440. The van der Waals surface area contributed by atoms with Gasteiger partial charge in [0.1, 0.15) is 12.6 Å². The number of nitrogens with zero attached hydrogens (tertiary/aromatic N) is 2. The molecule has 34 heavy (non-hydrogen) atoms. The van der Waals surface area contributed by atoms with Crippen LogP contribution in [0, 0.1) is 3.57 Å². The van der Waals surface area contributed by atoms with E-state index >= 15 is 0 Å². The van der Waals surface area contributed by atoms with Crippen molar-refractivity contribution in [3.63, 3.8) is 0 Å². The summed E-state index contributed by atoms with van der Waals surface area (Å²) < 4.78 is 27.2. The van der Waals surface area contributed by atoms with Gasteiger partial charge in [0.2, 0.25) is 21.8 Å². The third-order valence-corrected chi connectivity index (χ3v) is 7.97. The van der Waals surface area contributed by atoms with Crippen LogP contribution in [0.1, 0.15) is 44.6 Å². The third-order valence-electron chi connectivity index (χ3n) is 6.11. The maximum absolute atomic E-state index is 13.5. The van der Waals surface area contributed by atoms with Crippen molar-refractivity contribution in [3.8, 4) is 0 Å². The molecule has 0 bridgehead atoms. The highest BCUT2D eigenvalue weighted by molar-refractivity contribution is 14.1. The van der Waals surface area contributed by atoms with E-state index in [1.54, 1.807) is 31.2 Å². The van der Waals surface area contributed by atoms with Crippen LogP contribution in [0.4, 0.5) is 5.69 Å². The second kappa shape index (κ2) is 12.0. The molecule has 2 aromatic rings. The standard InChI is InChI=1S/C25H32IN3O4S/c1-19(25(31)27-22-11-7-4-8-12-22)28(17-20-9-5-3-6-10-20)24(30)18-29(34(2,32)33)23-15-13-21(26)14-16-23/h3,5-6,9-10,13-16,19,22H,4,7-8,11-12,17-18H2,1-2H3,(H,27,31). The molecule has 1 fully saturated rings. The van der Waals surface area contributed by atoms with E-state index < -0.39 is 22.0 Å². The Balaban J connectivity index is 1.83. The molecule has 0 spiro atoms. The molecule has 1 aliphatic rings. The molecular formula is C25H32IN3O4S. The maximum Gasteiger partial charge on any atom is 0.244 e. The minimum Gasteiger partial charge on any atom is -0.352 e. The Labute approximate surface area is 216 Å². The van der Waals surface area contributed by atoms with Crippen LogP contribution in [-0.4, -0.2) is 50.0 Å². The van der Waals surface area contributed by atoms with Gasteiger partial charge in [-0.1, -0.05) is 49.6 Å². The molecule has 2 aromatic carbocycles. The van der Waals surface area contributed by atoms with E-state index in [1.165, 1.54) is 11.3 Å². The Morgan fingerprint density at radius 1 is 1.03 bits per heavy atom. The maximum atomic E-state index is 13.5. The lowest BCUT2D eigenvalue weighted by molar-refractivity contribution is -0.139. The molecular weight excluding hydrogens is 565 g/mol. The molecule has 0 saturated heterocycles. The number of hydrogen-bond acceptors (Lipinski definition) is 4. The summed E-state index contributed by atoms with van der Waals surface area (Å²) >= 11 is 2.14. The van der Waals surface area contributed by atoms with E-state index in [0.29, 0.717) is 5.69 Å². The summed E-state index contributed by atoms with van der Waals surface area (Å²) in [5.74, 6) is -0.643. The van der Waals surface area contributed by atoms with Crippen molar-refractivity contribution >= 4 is 50.1 Å². The van der Waals surface area contributed by atoms with E-state index in [9.17, 15) is 18.0 Å². The van der Waals surface area contributed by atoms with Crippen molar-refractivity contribution in [2.75, 3.05) is 17.1 Å². The Morgan fingerprint density at radius 3 is 2.24 bits per heavy atom. The molecule has 9 heteroatoms. The van der Waals surface area contributed by atoms with Gasteiger partial charge in [-0.2, -0.15) is 0 Å². The molecule has 1 atom stereocenters. The van der Waals surface area contributed by atoms with Crippen LogP contribution < -0.4 is 9.62 Å². The number of sulfonamides is 1. The number of carbonyl (C=O) groups excluding carboxylic acids is 2. The Hall–Kier alpha value is -2.14. The first-order valence-electron chi connectivity index (χ1n) is 11.5. The third kappa shape index (κ3) is 7.43. The summed E-state index contributed by atoms with van der Waals surface area (Å²) in [6, 6.07) is 15.7. The van der Waals surface area contributed by atoms with Crippen LogP contribution in [0.25, 0.3) is 0 Å². The highest BCUT2D eigenvalue weighted by atomic mass is 127. The second-order valence-corrected chi connectivity index (χ2v) is 11.9. The SMILES string of the molecule is CC(C(=O)NC1CCCCC1)N(Cc1ccccc1)C(=O)CN(c1ccc(I)cc1)S(C)(=O)=O. The lowest BCUT2D eigenvalue weighted by Crippen LogP contribution is -2.52. The first-order chi connectivity index (χ1) is 16.1. The van der Waals surface area contributed by atoms with Gasteiger partial charge in [-0.15, -0.1) is 0 Å². The van der Waals surface area contributed by atoms with Gasteiger partial charge < -0.3 is 10.2 Å². The number of carbonyl (C=O) groups is 2. The molecule has 0 heterocycles. The van der Waals surface area contributed by atoms with E-state index in [2.05, 4.69) is 27.9 Å². The van der Waals surface area contributed by atoms with Crippen LogP contribution >= 0.6 is 22.6 Å². The van der Waals surface area contributed by atoms with Crippen molar-refractivity contribution in [2.45, 2.75) is 57.7 Å². The second-order valence-electron chi connectivity index (χ2n) is 8.77. The van der Waals surface area contributed by atoms with Crippen molar-refractivity contribution < 1.29 is 18.0 Å². The predicted molar refractivity (Wildman–Crippen MR) is 143 cm³/mol. The molecule has 1 aliphatic carbocycles. The Morgan fingerprint density at radius 2 is 1.65 bits per heavy atom. The zero-order valence-corrected chi connectivity index (χ0v) is 22.6. The van der Waals surface area contributed by atoms with E-state index in [-0.39, 0.29) is 25.0 Å². The summed E-state index contributed by atoms with van der Waals surface area (Å²) in [5, 5.41) is 3.10. The molecule has 7 nitrogen and oxygen atoms in total. The number of halogens is 1. The summed E-state index contributed by atoms with van der Waals surface area (Å²) in [6.45, 7) is 1.53. The van der Waals surface area contributed by atoms with E-state index in [1.807, 2.05) is 30.3 Å². The lowest BCUT2D eigenvalue weighted by Gasteiger charge is -2.33. The number of hydrogen-bond donors (Lipinski definition) is 1. The minimum absolute atomic E-state index is 0.122. The number of amides is 2. The van der Waals surface area contributed by atoms with Crippen LogP contribution in [-0.2, 0) is 26.2 Å². The van der Waals surface area contributed by atoms with Crippen molar-refractivity contribution in [1.29, 1.82) is 0 Å². The molecule has 2 amide bonds. The number of benzene rings is 2. The molecule has 184 valence electrons. The monoisotopic (exact) mass is 597 g/mol. The van der Waals surface area contributed by atoms with Gasteiger partial charge in [0, 0.05) is 16.2 Å². The normalized spacial score (nSPS) is 15.4. The topological polar surface area (TPSA) is 86.8 Å². The van der Waals surface area contributed by atoms with Crippen LogP contribution in [0.3, 0.4) is 0 Å². The van der Waals surface area contributed by atoms with Gasteiger partial charge in [-0.25, -0.2) is 8.42 Å². The largest absolute Gasteiger partial charge is 0.352 e. The smallest absolute Gasteiger partial charge is 0.244 e. The molecule has 3 rings (SSSR count). The first-order valence-corrected chi connectivity index (χ1v) is 14.4. The highest BCUT2D eigenvalue weighted by Crippen LogP contribution is 2.21. The van der Waals surface area contributed by atoms with Crippen LogP contribution in [0.2, 0.25) is 0 Å². The predicted octanol–water partition coefficient (Wildman–Crippen LogP) is 3.92. The van der Waals surface area contributed by atoms with Crippen LogP contribution in [0.15, 0.2) is 54.6 Å². The van der Waals surface area contributed by atoms with Gasteiger partial charge in [0.05, 0.1) is 11.9 Å². The number of rotatable bonds is 9. The fourth-order valence-corrected chi connectivity index (χ4v) is 5.36. The Kier molecular flexibility index (Phi) is 9.35. The van der Waals surface area contributed by atoms with Gasteiger partial charge in [0.15, 0.2) is 0 Å². The van der Waals surface area contributed by atoms with Crippen molar-refractivity contribution in [3.05, 3.63) is 63.7 Å². The molecule has 1 saturated carbocycles. The zero-order chi connectivity index (χ0) is 24.7. The average molecular weight is 598 g/mol. The molecule has 0 radical (unpaired) electrons. The van der Waals surface area contributed by atoms with Gasteiger partial charge in [-0.3, -0.25) is 13.9 Å². The summed E-state index contributed by atoms with van der Waals surface area (Å²) in [6.07, 6.45) is 6.33. The van der Waals surface area contributed by atoms with Gasteiger partial charge in [-0.05, 0) is 72.2 Å². The van der Waals surface area contributed by atoms with Gasteiger partial charge >= 0.3 is 0 Å². The van der Waals surface area contributed by atoms with E-state index in [0.717, 1.165) is 45.4 Å². The highest BCUT2D eigenvalue weighted by Gasteiger charge is 2.31. The molecule has 0 aromatic heterocycles. The molecule has 0 aliphatic heterocycles. The van der Waals surface area contributed by atoms with Crippen LogP contribution in [0.5, 0.6) is 0 Å². The fourth-order valence-electron chi connectivity index (χ4n) is 4.15. The quantitative estimate of drug-likeness (QED) is 0.444. The number of nitrogens with one attached hydrogen (secondary N) is 1. The minimum atomic E-state index is -3.72. The Bertz CT molecular complexity index is 1070. The average Bonchev–Trinajstić information content (AvgIpc) is 2.81. The molecule has 1 N–H and O–H groups in total. The van der Waals surface area contributed by atoms with Gasteiger partial charge in [0.25, 0.3) is 0 Å². The summed E-state index contributed by atoms with van der Waals surface area (Å²) in [5.41, 5.74) is 1.28. The van der Waals surface area contributed by atoms with E-state index in [4.69, 9.17) is 0 Å². The molecule has 1 unspecified atom stereocenters. The van der Waals surface area contributed by atoms with Crippen molar-refractivity contribution in [1.82, 2.24) is 10.2 Å². The first kappa shape index (κ1) is 26.5. The summed E-state index contributed by atoms with van der Waals surface area (Å²) in [4.78, 5) is 28.1.